The van der Waals surface area contributed by atoms with E-state index < -0.39 is 0 Å². The van der Waals surface area contributed by atoms with Gasteiger partial charge in [0.25, 0.3) is 0 Å². The predicted octanol–water partition coefficient (Wildman–Crippen LogP) is 4.85. The van der Waals surface area contributed by atoms with E-state index in [4.69, 9.17) is 11.6 Å². The smallest absolute Gasteiger partial charge is 0.160 e. The van der Waals surface area contributed by atoms with Crippen molar-refractivity contribution in [2.45, 2.75) is 6.92 Å². The normalized spacial score (nSPS) is 11.0. The summed E-state index contributed by atoms with van der Waals surface area (Å²) in [6.45, 7) is 1.60. The lowest BCUT2D eigenvalue weighted by molar-refractivity contribution is 0.101. The van der Waals surface area contributed by atoms with Gasteiger partial charge >= 0.3 is 0 Å². The Bertz CT molecular complexity index is 774. The Kier molecular flexibility index (Phi) is 2.57. The molecular formula is C16H11ClO. The molecular weight excluding hydrogens is 244 g/mol. The van der Waals surface area contributed by atoms with E-state index in [1.54, 1.807) is 6.92 Å². The van der Waals surface area contributed by atoms with E-state index in [1.165, 1.54) is 0 Å². The SMILES string of the molecule is CC(=O)c1cc2ccccc2c2cc(Cl)ccc12. The highest BCUT2D eigenvalue weighted by atomic mass is 35.5. The quantitative estimate of drug-likeness (QED) is 0.448. The fourth-order valence-electron chi connectivity index (χ4n) is 2.37. The first-order valence-electron chi connectivity index (χ1n) is 5.79. The van der Waals surface area contributed by atoms with Gasteiger partial charge in [-0.3, -0.25) is 4.79 Å². The maximum absolute atomic E-state index is 11.8. The first-order chi connectivity index (χ1) is 8.66. The zero-order valence-corrected chi connectivity index (χ0v) is 10.7. The number of carbonyl (C=O) groups is 1. The minimum Gasteiger partial charge on any atom is -0.294 e. The van der Waals surface area contributed by atoms with Crippen molar-refractivity contribution in [3.8, 4) is 0 Å². The first kappa shape index (κ1) is 11.2. The summed E-state index contributed by atoms with van der Waals surface area (Å²) >= 11 is 6.07. The van der Waals surface area contributed by atoms with Gasteiger partial charge in [0, 0.05) is 10.6 Å². The molecule has 1 nitrogen and oxygen atoms in total. The van der Waals surface area contributed by atoms with Crippen LogP contribution in [0.3, 0.4) is 0 Å². The summed E-state index contributed by atoms with van der Waals surface area (Å²) in [5, 5.41) is 4.88. The molecule has 0 aliphatic carbocycles. The number of fused-ring (bicyclic) bond motifs is 3. The van der Waals surface area contributed by atoms with Gasteiger partial charge in [-0.1, -0.05) is 41.9 Å². The van der Waals surface area contributed by atoms with Gasteiger partial charge in [-0.05, 0) is 46.7 Å². The number of hydrogen-bond donors (Lipinski definition) is 0. The molecule has 0 heterocycles. The Balaban J connectivity index is 2.59. The molecule has 0 saturated carbocycles. The highest BCUT2D eigenvalue weighted by molar-refractivity contribution is 6.32. The second-order valence-electron chi connectivity index (χ2n) is 4.39. The lowest BCUT2D eigenvalue weighted by Crippen LogP contribution is -1.94. The van der Waals surface area contributed by atoms with Gasteiger partial charge in [-0.25, -0.2) is 0 Å². The Morgan fingerprint density at radius 3 is 2.50 bits per heavy atom. The highest BCUT2D eigenvalue weighted by Gasteiger charge is 2.09. The average molecular weight is 255 g/mol. The van der Waals surface area contributed by atoms with Crippen LogP contribution in [0, 0.1) is 0 Å². The van der Waals surface area contributed by atoms with E-state index in [0.717, 1.165) is 27.1 Å². The number of carbonyl (C=O) groups excluding carboxylic acids is 1. The molecule has 0 unspecified atom stereocenters. The van der Waals surface area contributed by atoms with Crippen LogP contribution in [0.15, 0.2) is 48.5 Å². The third-order valence-corrected chi connectivity index (χ3v) is 3.44. The molecule has 0 fully saturated rings. The Morgan fingerprint density at radius 1 is 0.944 bits per heavy atom. The van der Waals surface area contributed by atoms with Crippen LogP contribution in [0.5, 0.6) is 0 Å². The first-order valence-corrected chi connectivity index (χ1v) is 6.16. The second kappa shape index (κ2) is 4.11. The van der Waals surface area contributed by atoms with Crippen LogP contribution in [0.4, 0.5) is 0 Å². The summed E-state index contributed by atoms with van der Waals surface area (Å²) in [4.78, 5) is 11.8. The molecule has 2 heteroatoms. The van der Waals surface area contributed by atoms with Crippen LogP contribution in [0.1, 0.15) is 17.3 Å². The van der Waals surface area contributed by atoms with Gasteiger partial charge in [0.15, 0.2) is 5.78 Å². The summed E-state index contributed by atoms with van der Waals surface area (Å²) < 4.78 is 0. The molecule has 0 aromatic heterocycles. The van der Waals surface area contributed by atoms with Crippen molar-refractivity contribution in [2.75, 3.05) is 0 Å². The Hall–Kier alpha value is -1.86. The molecule has 0 atom stereocenters. The van der Waals surface area contributed by atoms with E-state index in [2.05, 4.69) is 6.07 Å². The molecule has 0 bridgehead atoms. The molecule has 0 aliphatic heterocycles. The van der Waals surface area contributed by atoms with Gasteiger partial charge in [0.05, 0.1) is 0 Å². The van der Waals surface area contributed by atoms with Crippen LogP contribution < -0.4 is 0 Å². The molecule has 18 heavy (non-hydrogen) atoms. The molecule has 3 aromatic rings. The van der Waals surface area contributed by atoms with Gasteiger partial charge in [-0.2, -0.15) is 0 Å². The minimum absolute atomic E-state index is 0.0769. The van der Waals surface area contributed by atoms with Crippen LogP contribution in [0.25, 0.3) is 21.5 Å². The molecule has 0 spiro atoms. The number of halogens is 1. The Morgan fingerprint density at radius 2 is 1.72 bits per heavy atom. The molecule has 0 N–H and O–H groups in total. The third-order valence-electron chi connectivity index (χ3n) is 3.20. The monoisotopic (exact) mass is 254 g/mol. The number of Topliss-reactive ketones (excluding diaryl/α,β-unsaturated/α-hetero) is 1. The summed E-state index contributed by atoms with van der Waals surface area (Å²) in [5.41, 5.74) is 0.750. The summed E-state index contributed by atoms with van der Waals surface area (Å²) in [5.74, 6) is 0.0769. The molecule has 0 amide bonds. The topological polar surface area (TPSA) is 17.1 Å². The van der Waals surface area contributed by atoms with Crippen molar-refractivity contribution in [1.29, 1.82) is 0 Å². The fourth-order valence-corrected chi connectivity index (χ4v) is 2.54. The number of rotatable bonds is 1. The van der Waals surface area contributed by atoms with Crippen LogP contribution >= 0.6 is 11.6 Å². The van der Waals surface area contributed by atoms with Gasteiger partial charge < -0.3 is 0 Å². The number of benzene rings is 3. The molecule has 0 saturated heterocycles. The van der Waals surface area contributed by atoms with E-state index in [-0.39, 0.29) is 5.78 Å². The lowest BCUT2D eigenvalue weighted by atomic mass is 9.96. The predicted molar refractivity (Wildman–Crippen MR) is 76.5 cm³/mol. The van der Waals surface area contributed by atoms with E-state index >= 15 is 0 Å². The average Bonchev–Trinajstić information content (AvgIpc) is 2.37. The summed E-state index contributed by atoms with van der Waals surface area (Å²) in [6, 6.07) is 15.7. The minimum atomic E-state index is 0.0769. The number of ketones is 1. The van der Waals surface area contributed by atoms with Crippen molar-refractivity contribution < 1.29 is 4.79 Å². The van der Waals surface area contributed by atoms with Crippen molar-refractivity contribution in [2.24, 2.45) is 0 Å². The largest absolute Gasteiger partial charge is 0.294 e. The van der Waals surface area contributed by atoms with Crippen molar-refractivity contribution in [3.63, 3.8) is 0 Å². The molecule has 3 rings (SSSR count). The molecule has 88 valence electrons. The van der Waals surface area contributed by atoms with Crippen LogP contribution in [-0.4, -0.2) is 5.78 Å². The Labute approximate surface area is 110 Å². The fraction of sp³-hybridized carbons (Fsp3) is 0.0625. The van der Waals surface area contributed by atoms with Gasteiger partial charge in [-0.15, -0.1) is 0 Å². The van der Waals surface area contributed by atoms with E-state index in [9.17, 15) is 4.79 Å². The third kappa shape index (κ3) is 1.68. The summed E-state index contributed by atoms with van der Waals surface area (Å²) in [7, 11) is 0. The maximum Gasteiger partial charge on any atom is 0.160 e. The second-order valence-corrected chi connectivity index (χ2v) is 4.83. The molecule has 0 aliphatic rings. The van der Waals surface area contributed by atoms with E-state index in [1.807, 2.05) is 42.5 Å². The van der Waals surface area contributed by atoms with Crippen LogP contribution in [-0.2, 0) is 0 Å². The van der Waals surface area contributed by atoms with Crippen LogP contribution in [0.2, 0.25) is 5.02 Å². The van der Waals surface area contributed by atoms with Crippen molar-refractivity contribution >= 4 is 38.9 Å². The molecule has 0 radical (unpaired) electrons. The summed E-state index contributed by atoms with van der Waals surface area (Å²) in [6.07, 6.45) is 0. The highest BCUT2D eigenvalue weighted by Crippen LogP contribution is 2.30. The van der Waals surface area contributed by atoms with Gasteiger partial charge in [0.1, 0.15) is 0 Å². The maximum atomic E-state index is 11.8. The van der Waals surface area contributed by atoms with Gasteiger partial charge in [0.2, 0.25) is 0 Å². The number of hydrogen-bond acceptors (Lipinski definition) is 1. The lowest BCUT2D eigenvalue weighted by Gasteiger charge is -2.08. The molecule has 3 aromatic carbocycles. The zero-order valence-electron chi connectivity index (χ0n) is 9.91. The van der Waals surface area contributed by atoms with Crippen molar-refractivity contribution in [3.05, 3.63) is 59.1 Å². The standard InChI is InChI=1S/C16H11ClO/c1-10(18)15-8-11-4-2-3-5-13(11)16-9-12(17)6-7-14(15)16/h2-9H,1H3. The van der Waals surface area contributed by atoms with Crippen molar-refractivity contribution in [1.82, 2.24) is 0 Å². The zero-order chi connectivity index (χ0) is 12.7. The van der Waals surface area contributed by atoms with E-state index in [0.29, 0.717) is 5.02 Å².